The van der Waals surface area contributed by atoms with Gasteiger partial charge in [-0.25, -0.2) is 4.79 Å². The lowest BCUT2D eigenvalue weighted by atomic mass is 10.2. The fourth-order valence-corrected chi connectivity index (χ4v) is 1.88. The van der Waals surface area contributed by atoms with E-state index in [9.17, 15) is 23.1 Å². The molecule has 24 heavy (non-hydrogen) atoms. The van der Waals surface area contributed by atoms with Crippen LogP contribution in [0.25, 0.3) is 0 Å². The summed E-state index contributed by atoms with van der Waals surface area (Å²) >= 11 is 0. The van der Waals surface area contributed by atoms with Crippen molar-refractivity contribution >= 4 is 6.03 Å². The zero-order valence-corrected chi connectivity index (χ0v) is 12.3. The molecule has 9 heteroatoms. The predicted molar refractivity (Wildman–Crippen MR) is 77.0 cm³/mol. The maximum Gasteiger partial charge on any atom is 0.573 e. The maximum atomic E-state index is 12.3. The van der Waals surface area contributed by atoms with E-state index in [4.69, 9.17) is 4.42 Å². The second-order valence-corrected chi connectivity index (χ2v) is 4.75. The number of urea groups is 1. The Balaban J connectivity index is 1.83. The lowest BCUT2D eigenvalue weighted by Crippen LogP contribution is -2.37. The maximum absolute atomic E-state index is 12.3. The molecule has 1 aromatic heterocycles. The first-order valence-corrected chi connectivity index (χ1v) is 6.92. The summed E-state index contributed by atoms with van der Waals surface area (Å²) in [5.41, 5.74) is 0.163. The average Bonchev–Trinajstić information content (AvgIpc) is 3.04. The van der Waals surface area contributed by atoms with Crippen LogP contribution < -0.4 is 15.4 Å². The molecule has 1 unspecified atom stereocenters. The summed E-state index contributed by atoms with van der Waals surface area (Å²) in [6.45, 7) is -0.283. The van der Waals surface area contributed by atoms with Crippen molar-refractivity contribution in [3.63, 3.8) is 0 Å². The molecule has 0 radical (unpaired) electrons. The standard InChI is InChI=1S/C15H15F3N2O4/c16-15(17,18)24-12-5-2-1-4-10(12)8-19-14(22)20-9-11(21)13-6-3-7-23-13/h1-7,11,21H,8-9H2,(H2,19,20,22). The average molecular weight is 344 g/mol. The molecule has 2 amide bonds. The lowest BCUT2D eigenvalue weighted by Gasteiger charge is -2.14. The van der Waals surface area contributed by atoms with Crippen LogP contribution in [0.15, 0.2) is 47.1 Å². The number of rotatable bonds is 6. The topological polar surface area (TPSA) is 83.7 Å². The molecule has 0 aliphatic carbocycles. The van der Waals surface area contributed by atoms with Gasteiger partial charge in [-0.05, 0) is 18.2 Å². The number of benzene rings is 1. The molecule has 0 aliphatic rings. The summed E-state index contributed by atoms with van der Waals surface area (Å²) in [6, 6.07) is 7.97. The molecule has 6 nitrogen and oxygen atoms in total. The van der Waals surface area contributed by atoms with Crippen LogP contribution in [0.1, 0.15) is 17.4 Å². The van der Waals surface area contributed by atoms with E-state index in [0.717, 1.165) is 6.07 Å². The molecular formula is C15H15F3N2O4. The number of hydrogen-bond acceptors (Lipinski definition) is 4. The van der Waals surface area contributed by atoms with E-state index in [0.29, 0.717) is 5.76 Å². The van der Waals surface area contributed by atoms with Gasteiger partial charge in [0.1, 0.15) is 17.6 Å². The van der Waals surface area contributed by atoms with Crippen molar-refractivity contribution in [2.45, 2.75) is 19.0 Å². The van der Waals surface area contributed by atoms with Crippen LogP contribution in [0.5, 0.6) is 5.75 Å². The quantitative estimate of drug-likeness (QED) is 0.752. The Hall–Kier alpha value is -2.68. The van der Waals surface area contributed by atoms with E-state index in [1.165, 1.54) is 24.5 Å². The Morgan fingerprint density at radius 3 is 2.62 bits per heavy atom. The van der Waals surface area contributed by atoms with E-state index >= 15 is 0 Å². The Labute approximate surface area is 135 Å². The molecule has 1 heterocycles. The highest BCUT2D eigenvalue weighted by atomic mass is 19.4. The molecule has 0 saturated heterocycles. The number of ether oxygens (including phenoxy) is 1. The van der Waals surface area contributed by atoms with Gasteiger partial charge in [-0.3, -0.25) is 0 Å². The Kier molecular flexibility index (Phi) is 5.69. The largest absolute Gasteiger partial charge is 0.573 e. The van der Waals surface area contributed by atoms with Crippen molar-refractivity contribution in [3.05, 3.63) is 54.0 Å². The number of amides is 2. The molecule has 0 bridgehead atoms. The third-order valence-electron chi connectivity index (χ3n) is 2.97. The Bertz CT molecular complexity index is 659. The molecular weight excluding hydrogens is 329 g/mol. The van der Waals surface area contributed by atoms with Gasteiger partial charge < -0.3 is 24.9 Å². The molecule has 1 atom stereocenters. The minimum Gasteiger partial charge on any atom is -0.467 e. The molecule has 0 fully saturated rings. The van der Waals surface area contributed by atoms with Gasteiger partial charge in [0.15, 0.2) is 0 Å². The third kappa shape index (κ3) is 5.51. The summed E-state index contributed by atoms with van der Waals surface area (Å²) in [4.78, 5) is 11.7. The van der Waals surface area contributed by atoms with Gasteiger partial charge in [0.05, 0.1) is 12.8 Å². The molecule has 0 aliphatic heterocycles. The highest BCUT2D eigenvalue weighted by molar-refractivity contribution is 5.73. The molecule has 0 saturated carbocycles. The number of aliphatic hydroxyl groups excluding tert-OH is 1. The molecule has 2 rings (SSSR count). The number of nitrogens with one attached hydrogen (secondary N) is 2. The smallest absolute Gasteiger partial charge is 0.467 e. The molecule has 130 valence electrons. The third-order valence-corrected chi connectivity index (χ3v) is 2.97. The van der Waals surface area contributed by atoms with Gasteiger partial charge in [0.25, 0.3) is 0 Å². The van der Waals surface area contributed by atoms with Crippen LogP contribution >= 0.6 is 0 Å². The fourth-order valence-electron chi connectivity index (χ4n) is 1.88. The van der Waals surface area contributed by atoms with Gasteiger partial charge >= 0.3 is 12.4 Å². The second-order valence-electron chi connectivity index (χ2n) is 4.75. The van der Waals surface area contributed by atoms with Crippen LogP contribution in [0.4, 0.5) is 18.0 Å². The van der Waals surface area contributed by atoms with E-state index in [-0.39, 0.29) is 24.4 Å². The van der Waals surface area contributed by atoms with Crippen molar-refractivity contribution in [1.82, 2.24) is 10.6 Å². The van der Waals surface area contributed by atoms with Crippen molar-refractivity contribution < 1.29 is 32.2 Å². The molecule has 2 aromatic rings. The fraction of sp³-hybridized carbons (Fsp3) is 0.267. The first-order valence-electron chi connectivity index (χ1n) is 6.92. The molecule has 1 aromatic carbocycles. The van der Waals surface area contributed by atoms with Gasteiger partial charge in [-0.1, -0.05) is 18.2 Å². The van der Waals surface area contributed by atoms with Crippen molar-refractivity contribution in [2.24, 2.45) is 0 Å². The van der Waals surface area contributed by atoms with Gasteiger partial charge in [0.2, 0.25) is 0 Å². The summed E-state index contributed by atoms with van der Waals surface area (Å²) in [5.74, 6) is -0.0971. The number of para-hydroxylation sites is 1. The first kappa shape index (κ1) is 17.7. The van der Waals surface area contributed by atoms with Crippen molar-refractivity contribution in [3.8, 4) is 5.75 Å². The summed E-state index contributed by atoms with van der Waals surface area (Å²) < 4.78 is 45.8. The number of aliphatic hydroxyl groups is 1. The van der Waals surface area contributed by atoms with Gasteiger partial charge in [0, 0.05) is 12.1 Å². The van der Waals surface area contributed by atoms with Crippen molar-refractivity contribution in [1.29, 1.82) is 0 Å². The predicted octanol–water partition coefficient (Wildman–Crippen LogP) is 2.71. The number of hydrogen-bond donors (Lipinski definition) is 3. The van der Waals surface area contributed by atoms with Crippen LogP contribution in [-0.4, -0.2) is 24.0 Å². The molecule has 0 spiro atoms. The number of carbonyl (C=O) groups is 1. The number of alkyl halides is 3. The Morgan fingerprint density at radius 1 is 1.21 bits per heavy atom. The van der Waals surface area contributed by atoms with Crippen LogP contribution in [-0.2, 0) is 6.54 Å². The number of carbonyl (C=O) groups excluding carboxylic acids is 1. The monoisotopic (exact) mass is 344 g/mol. The van der Waals surface area contributed by atoms with Crippen LogP contribution in [0.3, 0.4) is 0 Å². The Morgan fingerprint density at radius 2 is 1.96 bits per heavy atom. The zero-order chi connectivity index (χ0) is 17.6. The van der Waals surface area contributed by atoms with E-state index in [1.54, 1.807) is 12.1 Å². The minimum absolute atomic E-state index is 0.111. The van der Waals surface area contributed by atoms with E-state index in [2.05, 4.69) is 15.4 Å². The highest BCUT2D eigenvalue weighted by Gasteiger charge is 2.31. The van der Waals surface area contributed by atoms with E-state index in [1.807, 2.05) is 0 Å². The summed E-state index contributed by atoms with van der Waals surface area (Å²) in [6.07, 6.45) is -4.45. The first-order chi connectivity index (χ1) is 11.3. The van der Waals surface area contributed by atoms with Gasteiger partial charge in [-0.2, -0.15) is 0 Å². The van der Waals surface area contributed by atoms with Crippen molar-refractivity contribution in [2.75, 3.05) is 6.54 Å². The van der Waals surface area contributed by atoms with Crippen LogP contribution in [0.2, 0.25) is 0 Å². The lowest BCUT2D eigenvalue weighted by molar-refractivity contribution is -0.274. The number of halogens is 3. The van der Waals surface area contributed by atoms with Gasteiger partial charge in [-0.15, -0.1) is 13.2 Å². The van der Waals surface area contributed by atoms with E-state index < -0.39 is 18.5 Å². The summed E-state index contributed by atoms with van der Waals surface area (Å²) in [5, 5.41) is 14.5. The number of furan rings is 1. The SMILES string of the molecule is O=C(NCc1ccccc1OC(F)(F)F)NCC(O)c1ccco1. The second kappa shape index (κ2) is 7.73. The van der Waals surface area contributed by atoms with Crippen LogP contribution in [0, 0.1) is 0 Å². The zero-order valence-electron chi connectivity index (χ0n) is 12.3. The molecule has 3 N–H and O–H groups in total. The normalized spacial score (nSPS) is 12.5. The summed E-state index contributed by atoms with van der Waals surface area (Å²) in [7, 11) is 0. The highest BCUT2D eigenvalue weighted by Crippen LogP contribution is 2.26. The minimum atomic E-state index is -4.81.